The minimum atomic E-state index is -0.250. The molecule has 3 aliphatic rings. The molecule has 4 heterocycles. The predicted molar refractivity (Wildman–Crippen MR) is 161 cm³/mol. The molecule has 1 aromatic heterocycles. The van der Waals surface area contributed by atoms with E-state index >= 15 is 0 Å². The van der Waals surface area contributed by atoms with Gasteiger partial charge >= 0.3 is 0 Å². The summed E-state index contributed by atoms with van der Waals surface area (Å²) in [5.74, 6) is 0.489. The highest BCUT2D eigenvalue weighted by Crippen LogP contribution is 2.32. The third-order valence-electron chi connectivity index (χ3n) is 7.23. The Hall–Kier alpha value is -3.25. The number of rotatable bonds is 5. The lowest BCUT2D eigenvalue weighted by Crippen LogP contribution is -2.48. The van der Waals surface area contributed by atoms with Crippen molar-refractivity contribution in [2.24, 2.45) is 4.99 Å². The Bertz CT molecular complexity index is 1450. The number of carbonyl (C=O) groups is 2. The van der Waals surface area contributed by atoms with Gasteiger partial charge in [0, 0.05) is 64.5 Å². The lowest BCUT2D eigenvalue weighted by Gasteiger charge is -2.35. The van der Waals surface area contributed by atoms with Crippen LogP contribution < -0.4 is 4.90 Å². The maximum atomic E-state index is 13.3. The van der Waals surface area contributed by atoms with E-state index in [4.69, 9.17) is 11.6 Å². The molecule has 2 fully saturated rings. The monoisotopic (exact) mass is 593 g/mol. The summed E-state index contributed by atoms with van der Waals surface area (Å²) in [6.45, 7) is 6.85. The molecule has 2 aromatic carbocycles. The van der Waals surface area contributed by atoms with Gasteiger partial charge in [-0.05, 0) is 41.1 Å². The maximum absolute atomic E-state index is 13.3. The molecule has 9 nitrogen and oxygen atoms in total. The molecule has 12 heteroatoms. The van der Waals surface area contributed by atoms with Crippen molar-refractivity contribution >= 4 is 64.0 Å². The molecule has 0 N–H and O–H groups in total. The van der Waals surface area contributed by atoms with Crippen molar-refractivity contribution in [2.75, 3.05) is 57.3 Å². The molecule has 0 radical (unpaired) electrons. The number of thioether (sulfide) groups is 1. The van der Waals surface area contributed by atoms with Crippen LogP contribution in [0, 0.1) is 0 Å². The third kappa shape index (κ3) is 6.07. The number of hydrogen-bond donors (Lipinski definition) is 0. The Kier molecular flexibility index (Phi) is 8.15. The summed E-state index contributed by atoms with van der Waals surface area (Å²) in [6.07, 6.45) is 1.83. The number of nitrogens with zero attached hydrogens (tertiary/aromatic N) is 7. The highest BCUT2D eigenvalue weighted by molar-refractivity contribution is 8.18. The minimum Gasteiger partial charge on any atom is -0.350 e. The largest absolute Gasteiger partial charge is 0.350 e. The normalized spacial score (nSPS) is 19.4. The second-order valence-electron chi connectivity index (χ2n) is 9.84. The van der Waals surface area contributed by atoms with Gasteiger partial charge in [-0.15, -0.1) is 0 Å². The first-order chi connectivity index (χ1) is 19.5. The molecule has 0 saturated carbocycles. The Labute approximate surface area is 246 Å². The number of halogens is 1. The van der Waals surface area contributed by atoms with Crippen LogP contribution in [0.5, 0.6) is 0 Å². The van der Waals surface area contributed by atoms with Gasteiger partial charge in [-0.2, -0.15) is 13.7 Å². The number of piperazine rings is 2. The van der Waals surface area contributed by atoms with E-state index in [1.165, 1.54) is 17.3 Å². The highest BCUT2D eigenvalue weighted by Gasteiger charge is 2.30. The second-order valence-corrected chi connectivity index (χ2v) is 11.7. The Morgan fingerprint density at radius 2 is 1.65 bits per heavy atom. The Balaban J connectivity index is 1.04. The average molecular weight is 594 g/mol. The molecule has 3 aromatic rings. The first-order valence-electron chi connectivity index (χ1n) is 13.2. The summed E-state index contributed by atoms with van der Waals surface area (Å²) < 4.78 is 8.32. The minimum absolute atomic E-state index is 0.0234. The number of benzene rings is 2. The van der Waals surface area contributed by atoms with Crippen LogP contribution in [0.1, 0.15) is 21.5 Å². The number of carbonyl (C=O) groups excluding carboxylic acids is 2. The molecule has 2 amide bonds. The van der Waals surface area contributed by atoms with Crippen molar-refractivity contribution in [3.05, 3.63) is 81.3 Å². The number of hydrogen-bond acceptors (Lipinski definition) is 9. The van der Waals surface area contributed by atoms with Crippen molar-refractivity contribution in [3.63, 3.8) is 0 Å². The molecule has 0 atom stereocenters. The second kappa shape index (κ2) is 12.1. The summed E-state index contributed by atoms with van der Waals surface area (Å²) in [5, 5.41) is 1.14. The Morgan fingerprint density at radius 1 is 0.900 bits per heavy atom. The van der Waals surface area contributed by atoms with Gasteiger partial charge < -0.3 is 14.7 Å². The fourth-order valence-electron chi connectivity index (χ4n) is 5.05. The van der Waals surface area contributed by atoms with Crippen LogP contribution in [0.15, 0.2) is 64.5 Å². The van der Waals surface area contributed by atoms with E-state index in [-0.39, 0.29) is 11.8 Å². The molecule has 3 aliphatic heterocycles. The average Bonchev–Trinajstić information content (AvgIpc) is 3.58. The highest BCUT2D eigenvalue weighted by atomic mass is 35.5. The van der Waals surface area contributed by atoms with Crippen molar-refractivity contribution in [2.45, 2.75) is 6.54 Å². The number of aromatic nitrogens is 2. The van der Waals surface area contributed by atoms with Crippen LogP contribution in [0.25, 0.3) is 6.08 Å². The van der Waals surface area contributed by atoms with E-state index in [1.807, 2.05) is 41.3 Å². The summed E-state index contributed by atoms with van der Waals surface area (Å²) in [7, 11) is 0. The Morgan fingerprint density at radius 3 is 2.38 bits per heavy atom. The SMILES string of the molecule is O=C1N=C(N2CCN(c3nsnc3Cl)CC2)SC1=Cc1cccc(C(=O)N2CCN(Cc3ccccc3)CC2)c1. The molecule has 206 valence electrons. The third-order valence-corrected chi connectivity index (χ3v) is 9.15. The fraction of sp³-hybridized carbons (Fsp3) is 0.321. The van der Waals surface area contributed by atoms with Gasteiger partial charge in [0.1, 0.15) is 0 Å². The standard InChI is InChI=1S/C28H28ClN7O2S2/c29-24-25(32-40-31-24)34-13-15-36(16-14-34)28-30-26(37)23(39-28)18-21-7-4-8-22(17-21)27(38)35-11-9-33(10-12-35)19-20-5-2-1-3-6-20/h1-8,17-18H,9-16,19H2. The number of anilines is 1. The topological polar surface area (TPSA) is 85.2 Å². The number of amidine groups is 1. The van der Waals surface area contributed by atoms with Crippen LogP contribution in [-0.4, -0.2) is 92.8 Å². The molecule has 6 rings (SSSR count). The van der Waals surface area contributed by atoms with Crippen LogP contribution in [0.2, 0.25) is 5.15 Å². The van der Waals surface area contributed by atoms with E-state index in [1.54, 1.807) is 0 Å². The van der Waals surface area contributed by atoms with Crippen molar-refractivity contribution in [1.29, 1.82) is 0 Å². The molecule has 0 aliphatic carbocycles. The van der Waals surface area contributed by atoms with E-state index in [0.29, 0.717) is 52.8 Å². The smallest absolute Gasteiger partial charge is 0.286 e. The van der Waals surface area contributed by atoms with Gasteiger partial charge in [-0.1, -0.05) is 54.1 Å². The summed E-state index contributed by atoms with van der Waals surface area (Å²) in [6, 6.07) is 17.9. The zero-order valence-corrected chi connectivity index (χ0v) is 24.2. The summed E-state index contributed by atoms with van der Waals surface area (Å²) in [4.78, 5) is 39.4. The van der Waals surface area contributed by atoms with E-state index in [9.17, 15) is 9.59 Å². The van der Waals surface area contributed by atoms with Gasteiger partial charge in [0.2, 0.25) is 0 Å². The molecule has 0 unspecified atom stereocenters. The predicted octanol–water partition coefficient (Wildman–Crippen LogP) is 3.94. The van der Waals surface area contributed by atoms with E-state index in [2.05, 4.69) is 52.7 Å². The zero-order chi connectivity index (χ0) is 27.5. The van der Waals surface area contributed by atoms with Crippen LogP contribution in [0.4, 0.5) is 5.82 Å². The van der Waals surface area contributed by atoms with Crippen LogP contribution in [0.3, 0.4) is 0 Å². The molecular formula is C28H28ClN7O2S2. The van der Waals surface area contributed by atoms with E-state index in [0.717, 1.165) is 50.0 Å². The quantitative estimate of drug-likeness (QED) is 0.411. The molecule has 40 heavy (non-hydrogen) atoms. The van der Waals surface area contributed by atoms with Gasteiger partial charge in [-0.25, -0.2) is 0 Å². The zero-order valence-electron chi connectivity index (χ0n) is 21.8. The lowest BCUT2D eigenvalue weighted by molar-refractivity contribution is -0.113. The number of amides is 2. The van der Waals surface area contributed by atoms with Gasteiger partial charge in [0.15, 0.2) is 16.1 Å². The first-order valence-corrected chi connectivity index (χ1v) is 15.1. The molecular weight excluding hydrogens is 566 g/mol. The van der Waals surface area contributed by atoms with Gasteiger partial charge in [0.05, 0.1) is 16.6 Å². The van der Waals surface area contributed by atoms with Gasteiger partial charge in [-0.3, -0.25) is 14.5 Å². The van der Waals surface area contributed by atoms with E-state index < -0.39 is 0 Å². The van der Waals surface area contributed by atoms with Crippen molar-refractivity contribution in [3.8, 4) is 0 Å². The van der Waals surface area contributed by atoms with Crippen molar-refractivity contribution in [1.82, 2.24) is 23.4 Å². The molecule has 0 spiro atoms. The molecule has 0 bridgehead atoms. The lowest BCUT2D eigenvalue weighted by atomic mass is 10.1. The van der Waals surface area contributed by atoms with Crippen LogP contribution >= 0.6 is 35.1 Å². The van der Waals surface area contributed by atoms with Crippen LogP contribution in [-0.2, 0) is 11.3 Å². The molecule has 2 saturated heterocycles. The summed E-state index contributed by atoms with van der Waals surface area (Å²) >= 11 is 8.62. The maximum Gasteiger partial charge on any atom is 0.286 e. The van der Waals surface area contributed by atoms with Crippen molar-refractivity contribution < 1.29 is 9.59 Å². The fourth-order valence-corrected chi connectivity index (χ4v) is 6.79. The summed E-state index contributed by atoms with van der Waals surface area (Å²) in [5.41, 5.74) is 2.74. The first kappa shape index (κ1) is 26.9. The number of aliphatic imine (C=N–C) groups is 1. The van der Waals surface area contributed by atoms with Gasteiger partial charge in [0.25, 0.3) is 11.8 Å².